The van der Waals surface area contributed by atoms with E-state index in [4.69, 9.17) is 4.74 Å². The summed E-state index contributed by atoms with van der Waals surface area (Å²) in [6.07, 6.45) is 2.88. The molecule has 0 aliphatic carbocycles. The molecule has 0 saturated carbocycles. The Morgan fingerprint density at radius 1 is 1.19 bits per heavy atom. The van der Waals surface area contributed by atoms with E-state index in [1.54, 1.807) is 31.2 Å². The first-order valence-corrected chi connectivity index (χ1v) is 6.93. The normalized spacial score (nSPS) is 11.0. The van der Waals surface area contributed by atoms with E-state index in [1.807, 2.05) is 0 Å². The van der Waals surface area contributed by atoms with Crippen molar-refractivity contribution in [3.05, 3.63) is 35.9 Å². The van der Waals surface area contributed by atoms with Crippen LogP contribution in [0.2, 0.25) is 0 Å². The number of aliphatic hydroxyl groups excluding tert-OH is 1. The fraction of sp³-hybridized carbons (Fsp3) is 0.375. The Labute approximate surface area is 124 Å². The molecule has 0 fully saturated rings. The number of ether oxygens (including phenoxy) is 2. The summed E-state index contributed by atoms with van der Waals surface area (Å²) in [6, 6.07) is 6.63. The van der Waals surface area contributed by atoms with Crippen molar-refractivity contribution in [2.75, 3.05) is 13.2 Å². The molecule has 21 heavy (non-hydrogen) atoms. The van der Waals surface area contributed by atoms with Crippen molar-refractivity contribution in [1.29, 1.82) is 0 Å². The van der Waals surface area contributed by atoms with Gasteiger partial charge in [0.25, 0.3) is 5.78 Å². The lowest BCUT2D eigenvalue weighted by Gasteiger charge is -2.06. The first kappa shape index (κ1) is 16.8. The van der Waals surface area contributed by atoms with Gasteiger partial charge in [0.15, 0.2) is 0 Å². The number of aliphatic hydroxyl groups is 1. The summed E-state index contributed by atoms with van der Waals surface area (Å²) < 4.78 is 10.0. The van der Waals surface area contributed by atoms with Crippen LogP contribution in [-0.4, -0.2) is 30.1 Å². The average Bonchev–Trinajstić information content (AvgIpc) is 2.48. The number of esters is 1. The van der Waals surface area contributed by atoms with Crippen LogP contribution in [0.4, 0.5) is 0 Å². The largest absolute Gasteiger partial charge is 0.507 e. The Morgan fingerprint density at radius 3 is 2.43 bits per heavy atom. The van der Waals surface area contributed by atoms with Crippen molar-refractivity contribution >= 4 is 17.5 Å². The Morgan fingerprint density at radius 2 is 1.86 bits per heavy atom. The van der Waals surface area contributed by atoms with Crippen LogP contribution in [0.15, 0.2) is 30.3 Å². The summed E-state index contributed by atoms with van der Waals surface area (Å²) >= 11 is 0. The minimum atomic E-state index is -0.983. The molecule has 0 aliphatic heterocycles. The highest BCUT2D eigenvalue weighted by atomic mass is 16.5. The smallest absolute Gasteiger partial charge is 0.379 e. The molecule has 0 amide bonds. The molecule has 0 heterocycles. The second-order valence-corrected chi connectivity index (χ2v) is 4.34. The number of carbonyl (C=O) groups is 2. The zero-order valence-electron chi connectivity index (χ0n) is 12.3. The van der Waals surface area contributed by atoms with Crippen molar-refractivity contribution in [3.63, 3.8) is 0 Å². The van der Waals surface area contributed by atoms with Gasteiger partial charge in [-0.05, 0) is 37.6 Å². The van der Waals surface area contributed by atoms with Crippen molar-refractivity contribution in [1.82, 2.24) is 0 Å². The van der Waals surface area contributed by atoms with Gasteiger partial charge in [-0.15, -0.1) is 0 Å². The van der Waals surface area contributed by atoms with E-state index in [2.05, 4.69) is 11.7 Å². The molecule has 0 saturated heterocycles. The van der Waals surface area contributed by atoms with Crippen LogP contribution in [0.3, 0.4) is 0 Å². The fourth-order valence-corrected chi connectivity index (χ4v) is 1.52. The van der Waals surface area contributed by atoms with Gasteiger partial charge in [0.2, 0.25) is 0 Å². The van der Waals surface area contributed by atoms with Crippen LogP contribution in [0, 0.1) is 0 Å². The average molecular weight is 292 g/mol. The molecular formula is C16H20O5. The van der Waals surface area contributed by atoms with Gasteiger partial charge in [-0.2, -0.15) is 0 Å². The third kappa shape index (κ3) is 5.69. The van der Waals surface area contributed by atoms with Gasteiger partial charge < -0.3 is 14.6 Å². The van der Waals surface area contributed by atoms with E-state index in [1.165, 1.54) is 0 Å². The van der Waals surface area contributed by atoms with Gasteiger partial charge in [-0.1, -0.05) is 13.3 Å². The number of unbranched alkanes of at least 4 members (excludes halogenated alkanes) is 1. The fourth-order valence-electron chi connectivity index (χ4n) is 1.52. The molecule has 0 unspecified atom stereocenters. The van der Waals surface area contributed by atoms with Crippen LogP contribution >= 0.6 is 0 Å². The predicted molar refractivity (Wildman–Crippen MR) is 79.1 cm³/mol. The lowest BCUT2D eigenvalue weighted by atomic mass is 10.1. The Bertz CT molecular complexity index is 502. The second kappa shape index (κ2) is 8.79. The number of hydrogen-bond donors (Lipinski definition) is 1. The predicted octanol–water partition coefficient (Wildman–Crippen LogP) is 2.90. The molecule has 5 heteroatoms. The molecule has 1 N–H and O–H groups in total. The van der Waals surface area contributed by atoms with Crippen LogP contribution < -0.4 is 4.74 Å². The minimum Gasteiger partial charge on any atom is -0.507 e. The molecule has 114 valence electrons. The summed E-state index contributed by atoms with van der Waals surface area (Å²) in [5.41, 5.74) is 0.426. The molecule has 5 nitrogen and oxygen atoms in total. The van der Waals surface area contributed by atoms with E-state index in [0.717, 1.165) is 18.9 Å². The van der Waals surface area contributed by atoms with Gasteiger partial charge in [0.05, 0.1) is 13.2 Å². The molecule has 0 atom stereocenters. The van der Waals surface area contributed by atoms with Gasteiger partial charge in [0.1, 0.15) is 11.5 Å². The molecule has 0 radical (unpaired) electrons. The van der Waals surface area contributed by atoms with Crippen LogP contribution in [0.25, 0.3) is 5.76 Å². The van der Waals surface area contributed by atoms with Gasteiger partial charge >= 0.3 is 5.97 Å². The number of hydrogen-bond acceptors (Lipinski definition) is 5. The summed E-state index contributed by atoms with van der Waals surface area (Å²) in [6.45, 7) is 4.43. The van der Waals surface area contributed by atoms with Gasteiger partial charge in [-0.25, -0.2) is 4.79 Å². The first-order valence-electron chi connectivity index (χ1n) is 6.93. The maximum absolute atomic E-state index is 11.4. The van der Waals surface area contributed by atoms with E-state index in [-0.39, 0.29) is 12.4 Å². The molecule has 1 rings (SSSR count). The van der Waals surface area contributed by atoms with Crippen LogP contribution in [-0.2, 0) is 14.3 Å². The summed E-state index contributed by atoms with van der Waals surface area (Å²) in [5.74, 6) is -1.47. The molecule has 1 aromatic rings. The number of ketones is 1. The molecular weight excluding hydrogens is 272 g/mol. The van der Waals surface area contributed by atoms with E-state index < -0.39 is 11.8 Å². The van der Waals surface area contributed by atoms with Gasteiger partial charge in [0, 0.05) is 11.6 Å². The molecule has 0 spiro atoms. The summed E-state index contributed by atoms with van der Waals surface area (Å²) in [5, 5.41) is 9.80. The van der Waals surface area contributed by atoms with E-state index in [0.29, 0.717) is 17.9 Å². The quantitative estimate of drug-likeness (QED) is 0.262. The van der Waals surface area contributed by atoms with Crippen molar-refractivity contribution in [2.24, 2.45) is 0 Å². The number of benzene rings is 1. The lowest BCUT2D eigenvalue weighted by molar-refractivity contribution is -0.151. The van der Waals surface area contributed by atoms with Crippen molar-refractivity contribution < 1.29 is 24.2 Å². The van der Waals surface area contributed by atoms with Gasteiger partial charge in [-0.3, -0.25) is 4.79 Å². The third-order valence-corrected chi connectivity index (χ3v) is 2.66. The van der Waals surface area contributed by atoms with E-state index >= 15 is 0 Å². The number of rotatable bonds is 8. The lowest BCUT2D eigenvalue weighted by Crippen LogP contribution is -2.15. The highest BCUT2D eigenvalue weighted by Crippen LogP contribution is 2.17. The van der Waals surface area contributed by atoms with Crippen LogP contribution in [0.5, 0.6) is 5.75 Å². The maximum atomic E-state index is 11.4. The standard InChI is InChI=1S/C16H20O5/c1-3-5-10-21-13-8-6-12(7-9-13)14(17)11-15(18)16(19)20-4-2/h6-9,11,17H,3-5,10H2,1-2H3. The van der Waals surface area contributed by atoms with E-state index in [9.17, 15) is 14.7 Å². The third-order valence-electron chi connectivity index (χ3n) is 2.66. The minimum absolute atomic E-state index is 0.114. The molecule has 0 bridgehead atoms. The van der Waals surface area contributed by atoms with Crippen molar-refractivity contribution in [2.45, 2.75) is 26.7 Å². The SMILES string of the molecule is CCCCOc1ccc(C(O)=CC(=O)C(=O)OCC)cc1. The Balaban J connectivity index is 2.67. The summed E-state index contributed by atoms with van der Waals surface area (Å²) in [7, 11) is 0. The highest BCUT2D eigenvalue weighted by molar-refractivity contribution is 6.39. The zero-order valence-corrected chi connectivity index (χ0v) is 12.3. The van der Waals surface area contributed by atoms with Crippen molar-refractivity contribution in [3.8, 4) is 5.75 Å². The molecule has 1 aromatic carbocycles. The van der Waals surface area contributed by atoms with Crippen LogP contribution in [0.1, 0.15) is 32.3 Å². The maximum Gasteiger partial charge on any atom is 0.379 e. The summed E-state index contributed by atoms with van der Waals surface area (Å²) in [4.78, 5) is 22.6. The zero-order chi connectivity index (χ0) is 15.7. The second-order valence-electron chi connectivity index (χ2n) is 4.34. The Hall–Kier alpha value is -2.30. The topological polar surface area (TPSA) is 72.8 Å². The molecule has 0 aromatic heterocycles. The number of carbonyl (C=O) groups excluding carboxylic acids is 2. The highest BCUT2D eigenvalue weighted by Gasteiger charge is 2.13. The Kier molecular flexibility index (Phi) is 7.01. The molecule has 0 aliphatic rings. The monoisotopic (exact) mass is 292 g/mol. The first-order chi connectivity index (χ1) is 10.1.